The minimum absolute atomic E-state index is 0.00563. The van der Waals surface area contributed by atoms with Crippen LogP contribution < -0.4 is 10.3 Å². The van der Waals surface area contributed by atoms with Crippen molar-refractivity contribution in [3.63, 3.8) is 0 Å². The van der Waals surface area contributed by atoms with Crippen LogP contribution in [0, 0.1) is 6.92 Å². The first-order valence-corrected chi connectivity index (χ1v) is 9.57. The first-order valence-electron chi connectivity index (χ1n) is 9.57. The number of benzene rings is 1. The summed E-state index contributed by atoms with van der Waals surface area (Å²) < 4.78 is 8.88. The third-order valence-corrected chi connectivity index (χ3v) is 5.47. The molecule has 3 aromatic rings. The highest BCUT2D eigenvalue weighted by molar-refractivity contribution is 5.65. The molecule has 0 saturated heterocycles. The fourth-order valence-electron chi connectivity index (χ4n) is 3.59. The van der Waals surface area contributed by atoms with Gasteiger partial charge in [0.05, 0.1) is 7.11 Å². The number of aromatic nitrogens is 3. The van der Waals surface area contributed by atoms with Crippen LogP contribution >= 0.6 is 0 Å². The van der Waals surface area contributed by atoms with Crippen molar-refractivity contribution in [1.29, 1.82) is 0 Å². The second-order valence-corrected chi connectivity index (χ2v) is 7.61. The lowest BCUT2D eigenvalue weighted by Gasteiger charge is -2.17. The summed E-state index contributed by atoms with van der Waals surface area (Å²) in [5.74, 6) is 2.09. The van der Waals surface area contributed by atoms with Crippen molar-refractivity contribution in [2.24, 2.45) is 7.05 Å². The zero-order chi connectivity index (χ0) is 19.9. The van der Waals surface area contributed by atoms with Gasteiger partial charge in [0, 0.05) is 18.3 Å². The molecule has 3 rings (SSSR count). The van der Waals surface area contributed by atoms with Gasteiger partial charge in [-0.1, -0.05) is 27.7 Å². The van der Waals surface area contributed by atoms with Crippen LogP contribution in [0.15, 0.2) is 29.1 Å². The Bertz CT molecular complexity index is 1040. The van der Waals surface area contributed by atoms with E-state index in [2.05, 4.69) is 33.8 Å². The maximum absolute atomic E-state index is 13.3. The lowest BCUT2D eigenvalue weighted by molar-refractivity contribution is 0.414. The number of methoxy groups -OCH3 is 1. The monoisotopic (exact) mass is 367 g/mol. The maximum atomic E-state index is 13.3. The Kier molecular flexibility index (Phi) is 5.13. The minimum atomic E-state index is -0.00563. The van der Waals surface area contributed by atoms with Crippen molar-refractivity contribution in [3.05, 3.63) is 51.4 Å². The lowest BCUT2D eigenvalue weighted by atomic mass is 9.96. The van der Waals surface area contributed by atoms with Crippen LogP contribution in [0.1, 0.15) is 62.8 Å². The molecule has 2 aromatic heterocycles. The number of nitrogens with zero attached hydrogens (tertiary/aromatic N) is 3. The Balaban J connectivity index is 2.34. The quantitative estimate of drug-likeness (QED) is 0.659. The van der Waals surface area contributed by atoms with Crippen LogP contribution in [-0.4, -0.2) is 21.3 Å². The van der Waals surface area contributed by atoms with E-state index in [1.807, 2.05) is 36.7 Å². The van der Waals surface area contributed by atoms with Gasteiger partial charge < -0.3 is 4.74 Å². The van der Waals surface area contributed by atoms with Gasteiger partial charge in [0.25, 0.3) is 5.56 Å². The van der Waals surface area contributed by atoms with Gasteiger partial charge >= 0.3 is 0 Å². The summed E-state index contributed by atoms with van der Waals surface area (Å²) in [5, 5.41) is 4.88. The Morgan fingerprint density at radius 1 is 1.15 bits per heavy atom. The molecule has 2 heterocycles. The summed E-state index contributed by atoms with van der Waals surface area (Å²) in [5.41, 5.74) is 4.82. The number of hydrogen-bond acceptors (Lipinski definition) is 3. The van der Waals surface area contributed by atoms with Crippen molar-refractivity contribution in [2.75, 3.05) is 7.11 Å². The number of hydrogen-bond donors (Lipinski definition) is 0. The van der Waals surface area contributed by atoms with Crippen LogP contribution in [0.4, 0.5) is 0 Å². The number of fused-ring (bicyclic) bond motifs is 1. The molecule has 1 aromatic carbocycles. The van der Waals surface area contributed by atoms with Gasteiger partial charge in [-0.25, -0.2) is 4.52 Å². The molecule has 0 saturated carbocycles. The Hall–Kier alpha value is -2.56. The van der Waals surface area contributed by atoms with Gasteiger partial charge in [0.1, 0.15) is 11.3 Å². The predicted molar refractivity (Wildman–Crippen MR) is 110 cm³/mol. The minimum Gasteiger partial charge on any atom is -0.497 e. The van der Waals surface area contributed by atoms with Crippen molar-refractivity contribution < 1.29 is 4.74 Å². The highest BCUT2D eigenvalue weighted by atomic mass is 16.5. The third kappa shape index (κ3) is 3.15. The van der Waals surface area contributed by atoms with Gasteiger partial charge in [-0.15, -0.1) is 5.10 Å². The van der Waals surface area contributed by atoms with Gasteiger partial charge in [-0.3, -0.25) is 9.36 Å². The van der Waals surface area contributed by atoms with Crippen molar-refractivity contribution in [2.45, 2.75) is 52.9 Å². The van der Waals surface area contributed by atoms with E-state index in [0.717, 1.165) is 34.6 Å². The standard InChI is InChI=1S/C22H29N3O2/c1-8-14(4)19-11-15(5)25-20(19)22(26)24(6)21(23-25)17-10-9-16(27-7)12-18(17)13(2)3/h9-14H,8H2,1-7H3. The van der Waals surface area contributed by atoms with E-state index in [0.29, 0.717) is 17.3 Å². The van der Waals surface area contributed by atoms with Crippen LogP contribution in [0.25, 0.3) is 16.9 Å². The van der Waals surface area contributed by atoms with Crippen LogP contribution in [0.2, 0.25) is 0 Å². The fraction of sp³-hybridized carbons (Fsp3) is 0.455. The van der Waals surface area contributed by atoms with E-state index in [1.165, 1.54) is 0 Å². The van der Waals surface area contributed by atoms with Crippen molar-refractivity contribution >= 4 is 5.52 Å². The summed E-state index contributed by atoms with van der Waals surface area (Å²) in [4.78, 5) is 13.3. The van der Waals surface area contributed by atoms with E-state index in [9.17, 15) is 4.79 Å². The van der Waals surface area contributed by atoms with E-state index >= 15 is 0 Å². The number of aryl methyl sites for hydroxylation is 1. The molecule has 0 radical (unpaired) electrons. The molecule has 1 unspecified atom stereocenters. The molecular formula is C22H29N3O2. The smallest absolute Gasteiger partial charge is 0.278 e. The SMILES string of the molecule is CCC(C)c1cc(C)n2nc(-c3ccc(OC)cc3C(C)C)n(C)c(=O)c12. The van der Waals surface area contributed by atoms with E-state index in [4.69, 9.17) is 9.84 Å². The molecule has 0 spiro atoms. The molecule has 0 aliphatic carbocycles. The average Bonchev–Trinajstić information content (AvgIpc) is 3.00. The van der Waals surface area contributed by atoms with Gasteiger partial charge in [-0.2, -0.15) is 0 Å². The van der Waals surface area contributed by atoms with Crippen LogP contribution in [0.5, 0.6) is 5.75 Å². The van der Waals surface area contributed by atoms with E-state index in [1.54, 1.807) is 11.7 Å². The fourth-order valence-corrected chi connectivity index (χ4v) is 3.59. The molecule has 27 heavy (non-hydrogen) atoms. The second-order valence-electron chi connectivity index (χ2n) is 7.61. The molecule has 0 fully saturated rings. The first kappa shape index (κ1) is 19.2. The molecule has 0 aliphatic heterocycles. The van der Waals surface area contributed by atoms with E-state index in [-0.39, 0.29) is 11.5 Å². The van der Waals surface area contributed by atoms with Crippen LogP contribution in [-0.2, 0) is 7.05 Å². The van der Waals surface area contributed by atoms with Gasteiger partial charge in [0.2, 0.25) is 0 Å². The summed E-state index contributed by atoms with van der Waals surface area (Å²) in [6.07, 6.45) is 0.986. The Morgan fingerprint density at radius 2 is 1.85 bits per heavy atom. The van der Waals surface area contributed by atoms with Gasteiger partial charge in [-0.05, 0) is 60.6 Å². The zero-order valence-corrected chi connectivity index (χ0v) is 17.3. The molecule has 0 bridgehead atoms. The topological polar surface area (TPSA) is 48.5 Å². The molecule has 0 N–H and O–H groups in total. The third-order valence-electron chi connectivity index (χ3n) is 5.47. The molecule has 0 amide bonds. The molecule has 5 heteroatoms. The predicted octanol–water partition coefficient (Wildman–Crippen LogP) is 4.65. The Labute approximate surface area is 160 Å². The zero-order valence-electron chi connectivity index (χ0n) is 17.3. The summed E-state index contributed by atoms with van der Waals surface area (Å²) in [6.45, 7) is 10.6. The van der Waals surface area contributed by atoms with Crippen molar-refractivity contribution in [3.8, 4) is 17.1 Å². The largest absolute Gasteiger partial charge is 0.497 e. The van der Waals surface area contributed by atoms with Gasteiger partial charge in [0.15, 0.2) is 5.82 Å². The second kappa shape index (κ2) is 7.22. The summed E-state index contributed by atoms with van der Waals surface area (Å²) in [6, 6.07) is 8.05. The molecule has 0 aliphatic rings. The first-order chi connectivity index (χ1) is 12.8. The molecule has 5 nitrogen and oxygen atoms in total. The average molecular weight is 367 g/mol. The van der Waals surface area contributed by atoms with Crippen LogP contribution in [0.3, 0.4) is 0 Å². The molecule has 1 atom stereocenters. The normalized spacial score (nSPS) is 12.7. The number of ether oxygens (including phenoxy) is 1. The Morgan fingerprint density at radius 3 is 2.44 bits per heavy atom. The highest BCUT2D eigenvalue weighted by Gasteiger charge is 2.21. The van der Waals surface area contributed by atoms with Crippen molar-refractivity contribution in [1.82, 2.24) is 14.2 Å². The maximum Gasteiger partial charge on any atom is 0.278 e. The number of rotatable bonds is 5. The summed E-state index contributed by atoms with van der Waals surface area (Å²) in [7, 11) is 3.47. The summed E-state index contributed by atoms with van der Waals surface area (Å²) >= 11 is 0. The molecular weight excluding hydrogens is 338 g/mol. The highest BCUT2D eigenvalue weighted by Crippen LogP contribution is 2.32. The lowest BCUT2D eigenvalue weighted by Crippen LogP contribution is -2.24. The van der Waals surface area contributed by atoms with E-state index < -0.39 is 0 Å². The molecule has 144 valence electrons.